The molecular formula is C48H62Cl2Si2Zr. The molecule has 0 heterocycles. The number of rotatable bonds is 9. The Balaban J connectivity index is 0.000000931. The summed E-state index contributed by atoms with van der Waals surface area (Å²) in [5, 5.41) is 3.66. The van der Waals surface area contributed by atoms with E-state index in [1.165, 1.54) is 81.8 Å². The van der Waals surface area contributed by atoms with Gasteiger partial charge >= 0.3 is 37.9 Å². The normalized spacial score (nSPS) is 29.1. The average Bonchev–Trinajstić information content (AvgIpc) is 3.99. The van der Waals surface area contributed by atoms with Gasteiger partial charge in [-0.3, -0.25) is 0 Å². The van der Waals surface area contributed by atoms with Crippen molar-refractivity contribution in [2.24, 2.45) is 35.5 Å². The maximum atomic E-state index is 4.93. The molecule has 9 rings (SSSR count). The van der Waals surface area contributed by atoms with Crippen molar-refractivity contribution in [3.05, 3.63) is 135 Å². The molecule has 5 aliphatic rings. The Bertz CT molecular complexity index is 1670. The molecular weight excluding hydrogens is 795 g/mol. The molecule has 0 radical (unpaired) electrons. The first-order valence-corrected chi connectivity index (χ1v) is 31.9. The SMILES string of the molecule is CCCCC1CCC([SiH](c2ccccc2)[SiH](c2ccccc2)C2CCC3C2CC2CCCC2C3C2c3ccccc3-c3ccccc32)C1.[CH3-].[CH3-].[Cl][Zr+2][Cl]. The Kier molecular flexibility index (Phi) is 15.1. The van der Waals surface area contributed by atoms with E-state index in [0.29, 0.717) is 5.92 Å². The molecule has 4 aromatic carbocycles. The monoisotopic (exact) mass is 854 g/mol. The van der Waals surface area contributed by atoms with Crippen LogP contribution in [0.1, 0.15) is 101 Å². The fraction of sp³-hybridized carbons (Fsp3) is 0.458. The van der Waals surface area contributed by atoms with Gasteiger partial charge in [0.15, 0.2) is 0 Å². The maximum absolute atomic E-state index is 4.93. The Hall–Kier alpha value is -1.22. The fourth-order valence-electron chi connectivity index (χ4n) is 13.1. The van der Waals surface area contributed by atoms with Crippen LogP contribution in [0.5, 0.6) is 0 Å². The summed E-state index contributed by atoms with van der Waals surface area (Å²) < 4.78 is 0. The van der Waals surface area contributed by atoms with Crippen molar-refractivity contribution in [1.82, 2.24) is 0 Å². The van der Waals surface area contributed by atoms with E-state index >= 15 is 0 Å². The van der Waals surface area contributed by atoms with Gasteiger partial charge in [0.2, 0.25) is 0 Å². The zero-order valence-electron chi connectivity index (χ0n) is 32.5. The molecule has 0 N–H and O–H groups in total. The molecule has 10 atom stereocenters. The third-order valence-corrected chi connectivity index (χ3v) is 29.0. The minimum atomic E-state index is -1.28. The van der Waals surface area contributed by atoms with E-state index in [1.54, 1.807) is 17.5 Å². The first kappa shape index (κ1) is 41.4. The summed E-state index contributed by atoms with van der Waals surface area (Å²) in [6.45, 7) is 2.39. The van der Waals surface area contributed by atoms with E-state index in [4.69, 9.17) is 17.0 Å². The van der Waals surface area contributed by atoms with Crippen LogP contribution in [0, 0.1) is 50.4 Å². The molecule has 0 aliphatic heterocycles. The summed E-state index contributed by atoms with van der Waals surface area (Å²) in [5.41, 5.74) is 8.37. The molecule has 0 aromatic heterocycles. The molecule has 0 saturated heterocycles. The average molecular weight is 857 g/mol. The van der Waals surface area contributed by atoms with E-state index in [-0.39, 0.29) is 14.9 Å². The van der Waals surface area contributed by atoms with Crippen molar-refractivity contribution < 1.29 is 20.8 Å². The van der Waals surface area contributed by atoms with Gasteiger partial charge in [0.1, 0.15) is 0 Å². The van der Waals surface area contributed by atoms with Crippen LogP contribution in [0.2, 0.25) is 11.1 Å². The number of benzene rings is 4. The van der Waals surface area contributed by atoms with Gasteiger partial charge in [-0.15, -0.1) is 0 Å². The molecule has 0 nitrogen and oxygen atoms in total. The van der Waals surface area contributed by atoms with Crippen molar-refractivity contribution in [3.63, 3.8) is 0 Å². The summed E-state index contributed by atoms with van der Waals surface area (Å²) in [6, 6.07) is 43.8. The van der Waals surface area contributed by atoms with Crippen molar-refractivity contribution >= 4 is 44.0 Å². The Morgan fingerprint density at radius 2 is 1.19 bits per heavy atom. The van der Waals surface area contributed by atoms with E-state index in [0.717, 1.165) is 46.6 Å². The van der Waals surface area contributed by atoms with Crippen LogP contribution in [0.3, 0.4) is 0 Å². The number of halogens is 2. The molecule has 280 valence electrons. The van der Waals surface area contributed by atoms with Gasteiger partial charge in [-0.1, -0.05) is 184 Å². The van der Waals surface area contributed by atoms with Crippen molar-refractivity contribution in [1.29, 1.82) is 0 Å². The quantitative estimate of drug-likeness (QED) is 0.116. The summed E-state index contributed by atoms with van der Waals surface area (Å²) >= 11 is -0.826. The Morgan fingerprint density at radius 1 is 0.604 bits per heavy atom. The first-order valence-electron chi connectivity index (χ1n) is 20.5. The van der Waals surface area contributed by atoms with Gasteiger partial charge < -0.3 is 14.9 Å². The molecule has 4 saturated carbocycles. The molecule has 10 unspecified atom stereocenters. The summed E-state index contributed by atoms with van der Waals surface area (Å²) in [6.07, 6.45) is 17.8. The summed E-state index contributed by atoms with van der Waals surface area (Å²) in [5.74, 6) is 6.09. The van der Waals surface area contributed by atoms with Crippen molar-refractivity contribution in [3.8, 4) is 11.1 Å². The van der Waals surface area contributed by atoms with Crippen LogP contribution >= 0.6 is 17.0 Å². The van der Waals surface area contributed by atoms with Gasteiger partial charge in [0, 0.05) is 5.92 Å². The molecule has 0 bridgehead atoms. The predicted molar refractivity (Wildman–Crippen MR) is 234 cm³/mol. The second-order valence-electron chi connectivity index (χ2n) is 16.9. The zero-order chi connectivity index (χ0) is 34.7. The molecule has 0 spiro atoms. The topological polar surface area (TPSA) is 0 Å². The molecule has 0 amide bonds. The first-order chi connectivity index (χ1) is 25.2. The number of unbranched alkanes of at least 4 members (excludes halogenated alkanes) is 1. The van der Waals surface area contributed by atoms with Gasteiger partial charge in [-0.05, 0) is 88.1 Å². The van der Waals surface area contributed by atoms with Crippen LogP contribution in [0.15, 0.2) is 109 Å². The van der Waals surface area contributed by atoms with E-state index < -0.39 is 37.5 Å². The van der Waals surface area contributed by atoms with Crippen LogP contribution in [-0.4, -0.2) is 16.6 Å². The third-order valence-electron chi connectivity index (χ3n) is 14.8. The Morgan fingerprint density at radius 3 is 1.81 bits per heavy atom. The molecule has 53 heavy (non-hydrogen) atoms. The predicted octanol–water partition coefficient (Wildman–Crippen LogP) is 12.6. The van der Waals surface area contributed by atoms with Gasteiger partial charge in [-0.25, -0.2) is 0 Å². The number of hydrogen-bond donors (Lipinski definition) is 0. The van der Waals surface area contributed by atoms with E-state index in [9.17, 15) is 0 Å². The van der Waals surface area contributed by atoms with Crippen LogP contribution in [0.4, 0.5) is 0 Å². The number of fused-ring (bicyclic) bond motifs is 5. The van der Waals surface area contributed by atoms with Crippen LogP contribution in [-0.2, 0) is 20.8 Å². The number of hydrogen-bond acceptors (Lipinski definition) is 0. The molecule has 5 aliphatic carbocycles. The zero-order valence-corrected chi connectivity index (χ0v) is 38.8. The van der Waals surface area contributed by atoms with E-state index in [2.05, 4.69) is 116 Å². The van der Waals surface area contributed by atoms with Gasteiger partial charge in [-0.2, -0.15) is 0 Å². The fourth-order valence-corrected chi connectivity index (χ4v) is 29.8. The second kappa shape index (κ2) is 19.3. The van der Waals surface area contributed by atoms with Gasteiger partial charge in [0.05, 0.1) is 16.6 Å². The van der Waals surface area contributed by atoms with Crippen LogP contribution in [0.25, 0.3) is 11.1 Å². The van der Waals surface area contributed by atoms with Crippen LogP contribution < -0.4 is 10.4 Å². The van der Waals surface area contributed by atoms with E-state index in [1.807, 2.05) is 10.4 Å². The van der Waals surface area contributed by atoms with Crippen molar-refractivity contribution in [2.45, 2.75) is 101 Å². The molecule has 4 aromatic rings. The molecule has 4 fully saturated rings. The van der Waals surface area contributed by atoms with Crippen molar-refractivity contribution in [2.75, 3.05) is 0 Å². The Labute approximate surface area is 344 Å². The van der Waals surface area contributed by atoms with Gasteiger partial charge in [0.25, 0.3) is 0 Å². The molecule has 5 heteroatoms. The minimum absolute atomic E-state index is 0. The standard InChI is InChI=1S/C46H56Si2.2CH3.2ClH.Zr/c1-2-3-15-32-26-27-36(30-32)47(34-17-6-4-7-18-34)48(35-19-8-5-9-20-35)44-29-28-42-43(44)31-33-16-14-25-37(33)45(42)46-40-23-12-10-21-38(40)39-22-11-13-24-41(39)46;;;;;/h4-13,17-24,32-33,36-37,42-48H,2-3,14-16,25-31H2,1H3;2*1H3;2*1H;/q;2*-1;;;+4/p-2. The third kappa shape index (κ3) is 8.28. The second-order valence-corrected chi connectivity index (χ2v) is 30.2. The summed E-state index contributed by atoms with van der Waals surface area (Å²) in [4.78, 5) is 0. The summed E-state index contributed by atoms with van der Waals surface area (Å²) in [7, 11) is 7.36.